The summed E-state index contributed by atoms with van der Waals surface area (Å²) >= 11 is 1.79. The average Bonchev–Trinajstić information content (AvgIpc) is 2.40. The number of benzene rings is 1. The standard InChI is InChI=1S/C14H20N2OS/c1-11-9-15-7-8-16(11)14(17)13-5-3-12(4-6-13)10-18-2/h3-6,11,15H,7-10H2,1-2H3/t11-/m0/s1. The lowest BCUT2D eigenvalue weighted by Crippen LogP contribution is -2.52. The second-order valence-corrected chi connectivity index (χ2v) is 5.55. The molecule has 1 N–H and O–H groups in total. The average molecular weight is 264 g/mol. The van der Waals surface area contributed by atoms with Crippen LogP contribution in [0.1, 0.15) is 22.8 Å². The zero-order valence-electron chi connectivity index (χ0n) is 11.0. The van der Waals surface area contributed by atoms with Gasteiger partial charge in [-0.3, -0.25) is 4.79 Å². The Morgan fingerprint density at radius 2 is 2.17 bits per heavy atom. The van der Waals surface area contributed by atoms with Gasteiger partial charge in [0, 0.05) is 37.0 Å². The van der Waals surface area contributed by atoms with Crippen molar-refractivity contribution >= 4 is 17.7 Å². The van der Waals surface area contributed by atoms with Crippen LogP contribution in [0.4, 0.5) is 0 Å². The molecule has 1 aromatic carbocycles. The number of hydrogen-bond acceptors (Lipinski definition) is 3. The van der Waals surface area contributed by atoms with E-state index < -0.39 is 0 Å². The van der Waals surface area contributed by atoms with Gasteiger partial charge in [-0.15, -0.1) is 0 Å². The highest BCUT2D eigenvalue weighted by Gasteiger charge is 2.23. The molecular formula is C14H20N2OS. The minimum absolute atomic E-state index is 0.153. The molecule has 1 aromatic rings. The number of rotatable bonds is 3. The number of carbonyl (C=O) groups is 1. The second-order valence-electron chi connectivity index (χ2n) is 4.68. The maximum atomic E-state index is 12.4. The second kappa shape index (κ2) is 6.25. The van der Waals surface area contributed by atoms with Crippen molar-refractivity contribution in [1.29, 1.82) is 0 Å². The van der Waals surface area contributed by atoms with Crippen molar-refractivity contribution in [3.63, 3.8) is 0 Å². The zero-order valence-corrected chi connectivity index (χ0v) is 11.8. The minimum Gasteiger partial charge on any atom is -0.333 e. The summed E-state index contributed by atoms with van der Waals surface area (Å²) in [6, 6.07) is 8.27. The van der Waals surface area contributed by atoms with Crippen molar-refractivity contribution in [3.05, 3.63) is 35.4 Å². The lowest BCUT2D eigenvalue weighted by Gasteiger charge is -2.34. The number of amides is 1. The van der Waals surface area contributed by atoms with Crippen molar-refractivity contribution in [3.8, 4) is 0 Å². The van der Waals surface area contributed by atoms with E-state index in [0.29, 0.717) is 0 Å². The Kier molecular flexibility index (Phi) is 4.66. The van der Waals surface area contributed by atoms with Gasteiger partial charge in [-0.05, 0) is 30.9 Å². The summed E-state index contributed by atoms with van der Waals surface area (Å²) in [4.78, 5) is 14.3. The molecule has 4 heteroatoms. The highest BCUT2D eigenvalue weighted by molar-refractivity contribution is 7.97. The summed E-state index contributed by atoms with van der Waals surface area (Å²) in [7, 11) is 0. The first-order chi connectivity index (χ1) is 8.72. The molecule has 2 rings (SSSR count). The van der Waals surface area contributed by atoms with Crippen LogP contribution in [0.3, 0.4) is 0 Å². The molecule has 0 bridgehead atoms. The number of carbonyl (C=O) groups excluding carboxylic acids is 1. The SMILES string of the molecule is CSCc1ccc(C(=O)N2CCNC[C@@H]2C)cc1. The van der Waals surface area contributed by atoms with Gasteiger partial charge in [0.2, 0.25) is 0 Å². The third-order valence-electron chi connectivity index (χ3n) is 3.27. The Bertz CT molecular complexity index is 405. The van der Waals surface area contributed by atoms with Crippen LogP contribution in [-0.2, 0) is 5.75 Å². The lowest BCUT2D eigenvalue weighted by molar-refractivity contribution is 0.0656. The van der Waals surface area contributed by atoms with Crippen LogP contribution in [-0.4, -0.2) is 42.7 Å². The first-order valence-electron chi connectivity index (χ1n) is 6.32. The van der Waals surface area contributed by atoms with Crippen LogP contribution in [0.15, 0.2) is 24.3 Å². The van der Waals surface area contributed by atoms with E-state index in [1.54, 1.807) is 11.8 Å². The summed E-state index contributed by atoms with van der Waals surface area (Å²) in [6.07, 6.45) is 2.08. The summed E-state index contributed by atoms with van der Waals surface area (Å²) in [5.74, 6) is 1.15. The Labute approximate surface area is 113 Å². The van der Waals surface area contributed by atoms with Gasteiger partial charge < -0.3 is 10.2 Å². The predicted octanol–water partition coefficient (Wildman–Crippen LogP) is 1.98. The molecule has 0 unspecified atom stereocenters. The predicted molar refractivity (Wildman–Crippen MR) is 77.0 cm³/mol. The van der Waals surface area contributed by atoms with Crippen LogP contribution in [0.5, 0.6) is 0 Å². The largest absolute Gasteiger partial charge is 0.333 e. The maximum absolute atomic E-state index is 12.4. The monoisotopic (exact) mass is 264 g/mol. The number of hydrogen-bond donors (Lipinski definition) is 1. The molecule has 98 valence electrons. The fourth-order valence-electron chi connectivity index (χ4n) is 2.22. The highest BCUT2D eigenvalue weighted by Crippen LogP contribution is 2.14. The third kappa shape index (κ3) is 3.06. The van der Waals surface area contributed by atoms with Crippen molar-refractivity contribution < 1.29 is 4.79 Å². The van der Waals surface area contributed by atoms with Crippen LogP contribution in [0.2, 0.25) is 0 Å². The first-order valence-corrected chi connectivity index (χ1v) is 7.71. The zero-order chi connectivity index (χ0) is 13.0. The van der Waals surface area contributed by atoms with Crippen molar-refractivity contribution in [1.82, 2.24) is 10.2 Å². The van der Waals surface area contributed by atoms with Crippen molar-refractivity contribution in [2.24, 2.45) is 0 Å². The molecule has 1 fully saturated rings. The number of thioether (sulfide) groups is 1. The van der Waals surface area contributed by atoms with Crippen molar-refractivity contribution in [2.75, 3.05) is 25.9 Å². The molecular weight excluding hydrogens is 244 g/mol. The number of piperazine rings is 1. The normalized spacial score (nSPS) is 19.9. The molecule has 18 heavy (non-hydrogen) atoms. The Hall–Kier alpha value is -1.00. The van der Waals surface area contributed by atoms with E-state index in [2.05, 4.69) is 30.6 Å². The Balaban J connectivity index is 2.08. The number of nitrogens with one attached hydrogen (secondary N) is 1. The van der Waals surface area contributed by atoms with Gasteiger partial charge in [-0.2, -0.15) is 11.8 Å². The molecule has 1 amide bonds. The van der Waals surface area contributed by atoms with E-state index in [-0.39, 0.29) is 11.9 Å². The first kappa shape index (κ1) is 13.4. The van der Waals surface area contributed by atoms with Gasteiger partial charge in [-0.1, -0.05) is 12.1 Å². The van der Waals surface area contributed by atoms with Crippen LogP contribution in [0, 0.1) is 0 Å². The van der Waals surface area contributed by atoms with E-state index in [1.807, 2.05) is 17.0 Å². The molecule has 0 aliphatic carbocycles. The van der Waals surface area contributed by atoms with Gasteiger partial charge in [0.25, 0.3) is 5.91 Å². The molecule has 0 spiro atoms. The summed E-state index contributed by atoms with van der Waals surface area (Å²) in [6.45, 7) is 4.66. The highest BCUT2D eigenvalue weighted by atomic mass is 32.2. The molecule has 1 saturated heterocycles. The third-order valence-corrected chi connectivity index (χ3v) is 3.90. The number of nitrogens with zero attached hydrogens (tertiary/aromatic N) is 1. The topological polar surface area (TPSA) is 32.3 Å². The van der Waals surface area contributed by atoms with Crippen LogP contribution < -0.4 is 5.32 Å². The molecule has 1 atom stereocenters. The van der Waals surface area contributed by atoms with Crippen molar-refractivity contribution in [2.45, 2.75) is 18.7 Å². The lowest BCUT2D eigenvalue weighted by atomic mass is 10.1. The molecule has 1 aliphatic rings. The van der Waals surface area contributed by atoms with E-state index >= 15 is 0 Å². The molecule has 1 heterocycles. The summed E-state index contributed by atoms with van der Waals surface area (Å²) < 4.78 is 0. The smallest absolute Gasteiger partial charge is 0.254 e. The van der Waals surface area contributed by atoms with E-state index in [0.717, 1.165) is 31.0 Å². The Morgan fingerprint density at radius 1 is 1.44 bits per heavy atom. The molecule has 0 aromatic heterocycles. The van der Waals surface area contributed by atoms with Gasteiger partial charge in [0.1, 0.15) is 0 Å². The molecule has 3 nitrogen and oxygen atoms in total. The van der Waals surface area contributed by atoms with E-state index in [9.17, 15) is 4.79 Å². The van der Waals surface area contributed by atoms with Gasteiger partial charge >= 0.3 is 0 Å². The van der Waals surface area contributed by atoms with Crippen LogP contribution in [0.25, 0.3) is 0 Å². The van der Waals surface area contributed by atoms with Gasteiger partial charge in [0.15, 0.2) is 0 Å². The maximum Gasteiger partial charge on any atom is 0.254 e. The quantitative estimate of drug-likeness (QED) is 0.906. The van der Waals surface area contributed by atoms with Crippen LogP contribution >= 0.6 is 11.8 Å². The van der Waals surface area contributed by atoms with Gasteiger partial charge in [-0.25, -0.2) is 0 Å². The minimum atomic E-state index is 0.153. The molecule has 0 radical (unpaired) electrons. The van der Waals surface area contributed by atoms with E-state index in [1.165, 1.54) is 5.56 Å². The molecule has 0 saturated carbocycles. The summed E-state index contributed by atoms with van der Waals surface area (Å²) in [5.41, 5.74) is 2.07. The van der Waals surface area contributed by atoms with E-state index in [4.69, 9.17) is 0 Å². The molecule has 1 aliphatic heterocycles. The fraction of sp³-hybridized carbons (Fsp3) is 0.500. The Morgan fingerprint density at radius 3 is 2.78 bits per heavy atom. The summed E-state index contributed by atoms with van der Waals surface area (Å²) in [5, 5.41) is 3.30. The fourth-order valence-corrected chi connectivity index (χ4v) is 2.74. The van der Waals surface area contributed by atoms with Gasteiger partial charge in [0.05, 0.1) is 0 Å².